The van der Waals surface area contributed by atoms with E-state index in [9.17, 15) is 4.39 Å². The number of rotatable bonds is 5. The van der Waals surface area contributed by atoms with Crippen molar-refractivity contribution >= 4 is 27.6 Å². The van der Waals surface area contributed by atoms with Crippen molar-refractivity contribution in [3.8, 4) is 0 Å². The van der Waals surface area contributed by atoms with E-state index in [-0.39, 0.29) is 5.82 Å². The molecule has 5 rings (SSSR count). The highest BCUT2D eigenvalue weighted by atomic mass is 19.1. The molecule has 1 aliphatic rings. The summed E-state index contributed by atoms with van der Waals surface area (Å²) in [6, 6.07) is 15.1. The molecule has 0 unspecified atom stereocenters. The SMILES string of the molecule is Fc1ccc2onc(CCCN3CCN(c4cc5ccccc5cn4)CC3)c2c1. The first-order valence-electron chi connectivity index (χ1n) is 10.1. The summed E-state index contributed by atoms with van der Waals surface area (Å²) in [6.07, 6.45) is 3.73. The lowest BCUT2D eigenvalue weighted by Gasteiger charge is -2.35. The van der Waals surface area contributed by atoms with Gasteiger partial charge in [-0.25, -0.2) is 9.37 Å². The van der Waals surface area contributed by atoms with E-state index in [4.69, 9.17) is 4.52 Å². The van der Waals surface area contributed by atoms with Gasteiger partial charge in [-0.15, -0.1) is 0 Å². The van der Waals surface area contributed by atoms with Crippen molar-refractivity contribution < 1.29 is 8.91 Å². The lowest BCUT2D eigenvalue weighted by atomic mass is 10.1. The molecule has 0 bridgehead atoms. The lowest BCUT2D eigenvalue weighted by molar-refractivity contribution is 0.254. The van der Waals surface area contributed by atoms with Crippen molar-refractivity contribution in [3.63, 3.8) is 0 Å². The molecule has 0 aliphatic carbocycles. The molecule has 0 saturated carbocycles. The van der Waals surface area contributed by atoms with Crippen LogP contribution in [0.5, 0.6) is 0 Å². The summed E-state index contributed by atoms with van der Waals surface area (Å²) < 4.78 is 18.8. The Balaban J connectivity index is 1.15. The van der Waals surface area contributed by atoms with Gasteiger partial charge in [-0.2, -0.15) is 0 Å². The Kier molecular flexibility index (Phi) is 4.86. The first-order valence-corrected chi connectivity index (χ1v) is 10.1. The molecule has 0 spiro atoms. The third kappa shape index (κ3) is 3.80. The molecule has 6 heteroatoms. The number of piperazine rings is 1. The maximum atomic E-state index is 13.5. The average molecular weight is 390 g/mol. The van der Waals surface area contributed by atoms with Crippen LogP contribution >= 0.6 is 0 Å². The van der Waals surface area contributed by atoms with Gasteiger partial charge in [0, 0.05) is 43.1 Å². The molecule has 5 nitrogen and oxygen atoms in total. The maximum absolute atomic E-state index is 13.5. The van der Waals surface area contributed by atoms with E-state index in [0.29, 0.717) is 5.58 Å². The van der Waals surface area contributed by atoms with Gasteiger partial charge in [-0.05, 0) is 49.0 Å². The minimum Gasteiger partial charge on any atom is -0.356 e. The zero-order valence-electron chi connectivity index (χ0n) is 16.2. The predicted molar refractivity (Wildman–Crippen MR) is 113 cm³/mol. The standard InChI is InChI=1S/C23H23FN4O/c24-19-7-8-22-20(15-19)21(26-29-22)6-3-9-27-10-12-28(13-11-27)23-14-17-4-1-2-5-18(17)16-25-23/h1-2,4-5,7-8,14-16H,3,6,9-13H2. The number of nitrogens with zero attached hydrogens (tertiary/aromatic N) is 4. The first kappa shape index (κ1) is 18.1. The molecule has 1 aliphatic heterocycles. The Hall–Kier alpha value is -2.99. The average Bonchev–Trinajstić information content (AvgIpc) is 3.16. The molecule has 0 atom stereocenters. The topological polar surface area (TPSA) is 45.4 Å². The fourth-order valence-corrected chi connectivity index (χ4v) is 4.06. The number of anilines is 1. The van der Waals surface area contributed by atoms with Crippen molar-refractivity contribution in [2.45, 2.75) is 12.8 Å². The second-order valence-corrected chi connectivity index (χ2v) is 7.59. The minimum atomic E-state index is -0.250. The van der Waals surface area contributed by atoms with E-state index in [1.54, 1.807) is 6.07 Å². The van der Waals surface area contributed by atoms with Crippen molar-refractivity contribution in [2.75, 3.05) is 37.6 Å². The van der Waals surface area contributed by atoms with Gasteiger partial charge in [0.05, 0.1) is 5.69 Å². The summed E-state index contributed by atoms with van der Waals surface area (Å²) in [5, 5.41) is 7.32. The smallest absolute Gasteiger partial charge is 0.167 e. The largest absolute Gasteiger partial charge is 0.356 e. The van der Waals surface area contributed by atoms with Crippen LogP contribution in [0.1, 0.15) is 12.1 Å². The molecule has 148 valence electrons. The molecular weight excluding hydrogens is 367 g/mol. The summed E-state index contributed by atoms with van der Waals surface area (Å²) in [4.78, 5) is 9.48. The zero-order chi connectivity index (χ0) is 19.6. The highest BCUT2D eigenvalue weighted by Gasteiger charge is 2.18. The highest BCUT2D eigenvalue weighted by molar-refractivity contribution is 5.84. The number of hydrogen-bond donors (Lipinski definition) is 0. The number of aryl methyl sites for hydroxylation is 1. The lowest BCUT2D eigenvalue weighted by Crippen LogP contribution is -2.47. The molecule has 2 aromatic heterocycles. The third-order valence-corrected chi connectivity index (χ3v) is 5.71. The van der Waals surface area contributed by atoms with Gasteiger partial charge in [-0.3, -0.25) is 4.90 Å². The number of hydrogen-bond acceptors (Lipinski definition) is 5. The number of fused-ring (bicyclic) bond motifs is 2. The van der Waals surface area contributed by atoms with Crippen LogP contribution in [0.25, 0.3) is 21.7 Å². The van der Waals surface area contributed by atoms with Crippen molar-refractivity contribution in [2.24, 2.45) is 0 Å². The van der Waals surface area contributed by atoms with Crippen molar-refractivity contribution in [3.05, 3.63) is 66.2 Å². The van der Waals surface area contributed by atoms with Crippen LogP contribution in [0.15, 0.2) is 59.3 Å². The van der Waals surface area contributed by atoms with Gasteiger partial charge >= 0.3 is 0 Å². The molecule has 0 amide bonds. The van der Waals surface area contributed by atoms with Crippen LogP contribution in [0.3, 0.4) is 0 Å². The van der Waals surface area contributed by atoms with Crippen LogP contribution in [0, 0.1) is 5.82 Å². The van der Waals surface area contributed by atoms with Gasteiger partial charge in [0.15, 0.2) is 5.58 Å². The highest BCUT2D eigenvalue weighted by Crippen LogP contribution is 2.22. The third-order valence-electron chi connectivity index (χ3n) is 5.71. The Bertz CT molecular complexity index is 1130. The Morgan fingerprint density at radius 3 is 2.66 bits per heavy atom. The first-order chi connectivity index (χ1) is 14.3. The van der Waals surface area contributed by atoms with Gasteiger partial charge in [0.2, 0.25) is 0 Å². The fourth-order valence-electron chi connectivity index (χ4n) is 4.06. The molecule has 4 aromatic rings. The van der Waals surface area contributed by atoms with E-state index in [1.165, 1.54) is 22.9 Å². The van der Waals surface area contributed by atoms with Crippen molar-refractivity contribution in [1.29, 1.82) is 0 Å². The Morgan fingerprint density at radius 1 is 0.966 bits per heavy atom. The van der Waals surface area contributed by atoms with Crippen LogP contribution in [-0.2, 0) is 6.42 Å². The molecule has 3 heterocycles. The summed E-state index contributed by atoms with van der Waals surface area (Å²) in [5.74, 6) is 0.805. The Morgan fingerprint density at radius 2 is 1.79 bits per heavy atom. The normalized spacial score (nSPS) is 15.4. The molecule has 1 saturated heterocycles. The van der Waals surface area contributed by atoms with E-state index in [0.717, 1.165) is 62.5 Å². The van der Waals surface area contributed by atoms with Gasteiger partial charge in [-0.1, -0.05) is 29.4 Å². The maximum Gasteiger partial charge on any atom is 0.167 e. The van der Waals surface area contributed by atoms with E-state index in [1.807, 2.05) is 12.3 Å². The van der Waals surface area contributed by atoms with Crippen LogP contribution in [-0.4, -0.2) is 47.8 Å². The zero-order valence-corrected chi connectivity index (χ0v) is 16.2. The summed E-state index contributed by atoms with van der Waals surface area (Å²) in [7, 11) is 0. The van der Waals surface area contributed by atoms with Gasteiger partial charge in [0.1, 0.15) is 11.6 Å². The summed E-state index contributed by atoms with van der Waals surface area (Å²) in [6.45, 7) is 4.99. The quantitative estimate of drug-likeness (QED) is 0.509. The number of benzene rings is 2. The van der Waals surface area contributed by atoms with Gasteiger partial charge in [0.25, 0.3) is 0 Å². The van der Waals surface area contributed by atoms with Gasteiger partial charge < -0.3 is 9.42 Å². The number of pyridine rings is 1. The molecule has 0 N–H and O–H groups in total. The van der Waals surface area contributed by atoms with E-state index in [2.05, 4.69) is 44.2 Å². The minimum absolute atomic E-state index is 0.250. The van der Waals surface area contributed by atoms with Crippen LogP contribution in [0.2, 0.25) is 0 Å². The molecule has 2 aromatic carbocycles. The molecular formula is C23H23FN4O. The fraction of sp³-hybridized carbons (Fsp3) is 0.304. The second-order valence-electron chi connectivity index (χ2n) is 7.59. The number of aromatic nitrogens is 2. The van der Waals surface area contributed by atoms with Crippen LogP contribution in [0.4, 0.5) is 10.2 Å². The van der Waals surface area contributed by atoms with Crippen molar-refractivity contribution in [1.82, 2.24) is 15.0 Å². The Labute approximate surface area is 168 Å². The predicted octanol–water partition coefficient (Wildman–Crippen LogP) is 4.27. The summed E-state index contributed by atoms with van der Waals surface area (Å²) >= 11 is 0. The molecule has 29 heavy (non-hydrogen) atoms. The summed E-state index contributed by atoms with van der Waals surface area (Å²) in [5.41, 5.74) is 1.50. The van der Waals surface area contributed by atoms with Crippen LogP contribution < -0.4 is 4.90 Å². The molecule has 0 radical (unpaired) electrons. The van der Waals surface area contributed by atoms with E-state index >= 15 is 0 Å². The van der Waals surface area contributed by atoms with E-state index < -0.39 is 0 Å². The number of halogens is 1. The molecule has 1 fully saturated rings. The monoisotopic (exact) mass is 390 g/mol. The second kappa shape index (κ2) is 7.79.